The molecular weight excluding hydrogens is 306 g/mol. The van der Waals surface area contributed by atoms with Gasteiger partial charge in [0.05, 0.1) is 6.10 Å². The van der Waals surface area contributed by atoms with Gasteiger partial charge in [-0.1, -0.05) is 0 Å². The minimum Gasteiger partial charge on any atom is -0.378 e. The van der Waals surface area contributed by atoms with E-state index in [0.29, 0.717) is 31.6 Å². The van der Waals surface area contributed by atoms with Crippen LogP contribution in [0.1, 0.15) is 41.6 Å². The Labute approximate surface area is 142 Å². The van der Waals surface area contributed by atoms with E-state index in [9.17, 15) is 9.59 Å². The molecular formula is C18H25N3O3. The molecule has 2 aliphatic rings. The molecule has 6 nitrogen and oxygen atoms in total. The van der Waals surface area contributed by atoms with Gasteiger partial charge in [-0.3, -0.25) is 9.59 Å². The standard InChI is InChI=1S/C18H25N3O3/c19-8-1-11-24-15-6-9-21(10-7-15)18(23)14-2-4-16-13(12-14)3-5-17(22)20-16/h2,4,12,15H,1,3,5-11,19H2,(H,20,22). The topological polar surface area (TPSA) is 84.7 Å². The van der Waals surface area contributed by atoms with Gasteiger partial charge in [0.25, 0.3) is 5.91 Å². The highest BCUT2D eigenvalue weighted by Crippen LogP contribution is 2.25. The molecule has 0 atom stereocenters. The normalized spacial score (nSPS) is 18.2. The first kappa shape index (κ1) is 16.9. The number of rotatable bonds is 5. The van der Waals surface area contributed by atoms with Crippen LogP contribution in [0.5, 0.6) is 0 Å². The summed E-state index contributed by atoms with van der Waals surface area (Å²) < 4.78 is 5.78. The van der Waals surface area contributed by atoms with Crippen LogP contribution in [-0.4, -0.2) is 49.1 Å². The Morgan fingerprint density at radius 3 is 2.83 bits per heavy atom. The summed E-state index contributed by atoms with van der Waals surface area (Å²) in [5, 5.41) is 2.85. The first-order valence-electron chi connectivity index (χ1n) is 8.71. The Morgan fingerprint density at radius 2 is 2.08 bits per heavy atom. The first-order chi connectivity index (χ1) is 11.7. The molecule has 130 valence electrons. The number of carbonyl (C=O) groups excluding carboxylic acids is 2. The zero-order valence-electron chi connectivity index (χ0n) is 13.9. The van der Waals surface area contributed by atoms with Crippen LogP contribution in [0.25, 0.3) is 0 Å². The molecule has 0 radical (unpaired) electrons. The van der Waals surface area contributed by atoms with E-state index < -0.39 is 0 Å². The van der Waals surface area contributed by atoms with E-state index in [4.69, 9.17) is 10.5 Å². The third kappa shape index (κ3) is 3.94. The van der Waals surface area contributed by atoms with Crippen molar-refractivity contribution in [1.29, 1.82) is 0 Å². The number of anilines is 1. The van der Waals surface area contributed by atoms with E-state index in [1.807, 2.05) is 17.0 Å². The third-order valence-corrected chi connectivity index (χ3v) is 4.68. The summed E-state index contributed by atoms with van der Waals surface area (Å²) in [4.78, 5) is 26.0. The summed E-state index contributed by atoms with van der Waals surface area (Å²) in [6, 6.07) is 5.56. The van der Waals surface area contributed by atoms with Gasteiger partial charge in [-0.05, 0) is 56.0 Å². The molecule has 3 rings (SSSR count). The summed E-state index contributed by atoms with van der Waals surface area (Å²) in [7, 11) is 0. The summed E-state index contributed by atoms with van der Waals surface area (Å²) in [5.74, 6) is 0.105. The van der Waals surface area contributed by atoms with E-state index in [0.717, 1.165) is 43.6 Å². The number of ether oxygens (including phenoxy) is 1. The number of nitrogens with zero attached hydrogens (tertiary/aromatic N) is 1. The summed E-state index contributed by atoms with van der Waals surface area (Å²) in [5.41, 5.74) is 8.04. The van der Waals surface area contributed by atoms with Crippen LogP contribution >= 0.6 is 0 Å². The van der Waals surface area contributed by atoms with Crippen molar-refractivity contribution in [3.8, 4) is 0 Å². The van der Waals surface area contributed by atoms with Gasteiger partial charge in [-0.2, -0.15) is 0 Å². The molecule has 0 spiro atoms. The van der Waals surface area contributed by atoms with Gasteiger partial charge in [0, 0.05) is 37.4 Å². The second-order valence-electron chi connectivity index (χ2n) is 6.42. The van der Waals surface area contributed by atoms with Gasteiger partial charge in [-0.25, -0.2) is 0 Å². The van der Waals surface area contributed by atoms with Crippen molar-refractivity contribution in [3.05, 3.63) is 29.3 Å². The number of piperidine rings is 1. The van der Waals surface area contributed by atoms with Crippen molar-refractivity contribution >= 4 is 17.5 Å². The molecule has 2 heterocycles. The quantitative estimate of drug-likeness (QED) is 0.802. The molecule has 1 aromatic rings. The monoisotopic (exact) mass is 331 g/mol. The highest BCUT2D eigenvalue weighted by Gasteiger charge is 2.25. The molecule has 2 amide bonds. The van der Waals surface area contributed by atoms with Crippen LogP contribution in [0.4, 0.5) is 5.69 Å². The highest BCUT2D eigenvalue weighted by molar-refractivity contribution is 5.98. The number of hydrogen-bond acceptors (Lipinski definition) is 4. The molecule has 0 saturated carbocycles. The number of hydrogen-bond donors (Lipinski definition) is 2. The molecule has 0 aromatic heterocycles. The number of likely N-dealkylation sites (tertiary alicyclic amines) is 1. The number of carbonyl (C=O) groups is 2. The Kier molecular flexibility index (Phi) is 5.48. The molecule has 2 aliphatic heterocycles. The largest absolute Gasteiger partial charge is 0.378 e. The SMILES string of the molecule is NCCCOC1CCN(C(=O)c2ccc3c(c2)CCC(=O)N3)CC1. The smallest absolute Gasteiger partial charge is 0.253 e. The fraction of sp³-hybridized carbons (Fsp3) is 0.556. The average Bonchev–Trinajstić information content (AvgIpc) is 2.61. The maximum absolute atomic E-state index is 12.7. The number of nitrogens with two attached hydrogens (primary N) is 1. The van der Waals surface area contributed by atoms with Crippen molar-refractivity contribution < 1.29 is 14.3 Å². The fourth-order valence-electron chi connectivity index (χ4n) is 3.26. The molecule has 1 aromatic carbocycles. The van der Waals surface area contributed by atoms with Gasteiger partial charge >= 0.3 is 0 Å². The molecule has 3 N–H and O–H groups in total. The molecule has 0 unspecified atom stereocenters. The van der Waals surface area contributed by atoms with Crippen molar-refractivity contribution in [2.24, 2.45) is 5.73 Å². The lowest BCUT2D eigenvalue weighted by Gasteiger charge is -2.32. The second-order valence-corrected chi connectivity index (χ2v) is 6.42. The van der Waals surface area contributed by atoms with Crippen LogP contribution in [0.3, 0.4) is 0 Å². The zero-order valence-corrected chi connectivity index (χ0v) is 13.9. The average molecular weight is 331 g/mol. The number of amides is 2. The number of aryl methyl sites for hydroxylation is 1. The maximum Gasteiger partial charge on any atom is 0.253 e. The zero-order chi connectivity index (χ0) is 16.9. The summed E-state index contributed by atoms with van der Waals surface area (Å²) in [6.07, 6.45) is 4.04. The molecule has 6 heteroatoms. The minimum atomic E-state index is 0.0401. The minimum absolute atomic E-state index is 0.0401. The Morgan fingerprint density at radius 1 is 1.29 bits per heavy atom. The molecule has 24 heavy (non-hydrogen) atoms. The van der Waals surface area contributed by atoms with Crippen molar-refractivity contribution in [3.63, 3.8) is 0 Å². The Bertz CT molecular complexity index is 610. The Hall–Kier alpha value is -1.92. The van der Waals surface area contributed by atoms with Gasteiger partial charge in [-0.15, -0.1) is 0 Å². The molecule has 0 bridgehead atoms. The molecule has 1 saturated heterocycles. The predicted octanol–water partition coefficient (Wildman–Crippen LogP) is 1.54. The van der Waals surface area contributed by atoms with Crippen LogP contribution in [0.2, 0.25) is 0 Å². The van der Waals surface area contributed by atoms with E-state index in [2.05, 4.69) is 5.32 Å². The third-order valence-electron chi connectivity index (χ3n) is 4.68. The van der Waals surface area contributed by atoms with Gasteiger partial charge in [0.2, 0.25) is 5.91 Å². The number of benzene rings is 1. The Balaban J connectivity index is 1.57. The lowest BCUT2D eigenvalue weighted by atomic mass is 9.99. The van der Waals surface area contributed by atoms with Crippen LogP contribution in [0.15, 0.2) is 18.2 Å². The fourth-order valence-corrected chi connectivity index (χ4v) is 3.26. The van der Waals surface area contributed by atoms with Crippen LogP contribution in [0, 0.1) is 0 Å². The van der Waals surface area contributed by atoms with E-state index in [-0.39, 0.29) is 17.9 Å². The van der Waals surface area contributed by atoms with Gasteiger partial charge in [0.1, 0.15) is 0 Å². The maximum atomic E-state index is 12.7. The predicted molar refractivity (Wildman–Crippen MR) is 91.9 cm³/mol. The number of nitrogens with one attached hydrogen (secondary N) is 1. The van der Waals surface area contributed by atoms with Crippen LogP contribution < -0.4 is 11.1 Å². The summed E-state index contributed by atoms with van der Waals surface area (Å²) >= 11 is 0. The lowest BCUT2D eigenvalue weighted by molar-refractivity contribution is -0.116. The van der Waals surface area contributed by atoms with Gasteiger partial charge < -0.3 is 20.7 Å². The highest BCUT2D eigenvalue weighted by atomic mass is 16.5. The lowest BCUT2D eigenvalue weighted by Crippen LogP contribution is -2.41. The first-order valence-corrected chi connectivity index (χ1v) is 8.71. The van der Waals surface area contributed by atoms with E-state index >= 15 is 0 Å². The summed E-state index contributed by atoms with van der Waals surface area (Å²) in [6.45, 7) is 2.79. The van der Waals surface area contributed by atoms with Crippen molar-refractivity contribution in [2.45, 2.75) is 38.2 Å². The van der Waals surface area contributed by atoms with Crippen LogP contribution in [-0.2, 0) is 16.0 Å². The second kappa shape index (κ2) is 7.77. The molecule has 1 fully saturated rings. The van der Waals surface area contributed by atoms with Crippen molar-refractivity contribution in [1.82, 2.24) is 4.90 Å². The molecule has 0 aliphatic carbocycles. The van der Waals surface area contributed by atoms with E-state index in [1.165, 1.54) is 0 Å². The number of fused-ring (bicyclic) bond motifs is 1. The van der Waals surface area contributed by atoms with Gasteiger partial charge in [0.15, 0.2) is 0 Å². The van der Waals surface area contributed by atoms with Crippen molar-refractivity contribution in [2.75, 3.05) is 31.6 Å². The van der Waals surface area contributed by atoms with E-state index in [1.54, 1.807) is 6.07 Å².